The maximum atomic E-state index is 13.1. The first-order valence-electron chi connectivity index (χ1n) is 7.10. The molecule has 0 fully saturated rings. The van der Waals surface area contributed by atoms with Gasteiger partial charge < -0.3 is 0 Å². The summed E-state index contributed by atoms with van der Waals surface area (Å²) in [5.74, 6) is 0. The van der Waals surface area contributed by atoms with Crippen molar-refractivity contribution < 1.29 is 8.42 Å². The van der Waals surface area contributed by atoms with Crippen molar-refractivity contribution in [3.63, 3.8) is 0 Å². The third kappa shape index (κ3) is 2.38. The SMILES string of the molecule is Cc1cc(S(=O)(=O)N2c3ccccc3CC[C@@H]2C)c(C)s1. The molecule has 0 saturated carbocycles. The molecule has 2 aromatic rings. The van der Waals surface area contributed by atoms with Gasteiger partial charge in [-0.3, -0.25) is 4.31 Å². The van der Waals surface area contributed by atoms with Crippen LogP contribution in [0.3, 0.4) is 0 Å². The average molecular weight is 321 g/mol. The van der Waals surface area contributed by atoms with E-state index in [0.29, 0.717) is 4.90 Å². The lowest BCUT2D eigenvalue weighted by Crippen LogP contribution is -2.42. The largest absolute Gasteiger partial charge is 0.265 e. The van der Waals surface area contributed by atoms with Crippen molar-refractivity contribution in [2.75, 3.05) is 4.31 Å². The molecule has 0 spiro atoms. The van der Waals surface area contributed by atoms with E-state index in [-0.39, 0.29) is 6.04 Å². The van der Waals surface area contributed by atoms with E-state index in [4.69, 9.17) is 0 Å². The van der Waals surface area contributed by atoms with Crippen molar-refractivity contribution in [2.45, 2.75) is 44.6 Å². The van der Waals surface area contributed by atoms with Crippen molar-refractivity contribution in [1.29, 1.82) is 0 Å². The number of hydrogen-bond donors (Lipinski definition) is 0. The lowest BCUT2D eigenvalue weighted by atomic mass is 9.99. The maximum absolute atomic E-state index is 13.1. The third-order valence-electron chi connectivity index (χ3n) is 3.99. The molecule has 0 unspecified atom stereocenters. The minimum Gasteiger partial charge on any atom is -0.263 e. The molecule has 112 valence electrons. The third-order valence-corrected chi connectivity index (χ3v) is 7.14. The Morgan fingerprint density at radius 3 is 2.62 bits per heavy atom. The minimum atomic E-state index is -3.49. The summed E-state index contributed by atoms with van der Waals surface area (Å²) in [5, 5.41) is 0. The molecule has 3 rings (SSSR count). The number of nitrogens with zero attached hydrogens (tertiary/aromatic N) is 1. The van der Waals surface area contributed by atoms with Crippen molar-refractivity contribution >= 4 is 27.0 Å². The van der Waals surface area contributed by atoms with E-state index in [1.54, 1.807) is 10.4 Å². The van der Waals surface area contributed by atoms with Crippen LogP contribution in [0, 0.1) is 13.8 Å². The number of aryl methyl sites for hydroxylation is 3. The molecule has 0 N–H and O–H groups in total. The zero-order valence-corrected chi connectivity index (χ0v) is 14.1. The highest BCUT2D eigenvalue weighted by atomic mass is 32.2. The Morgan fingerprint density at radius 2 is 1.95 bits per heavy atom. The van der Waals surface area contributed by atoms with Crippen molar-refractivity contribution in [2.24, 2.45) is 0 Å². The Bertz CT molecular complexity index is 777. The van der Waals surface area contributed by atoms with Gasteiger partial charge in [-0.05, 0) is 51.3 Å². The van der Waals surface area contributed by atoms with Gasteiger partial charge in [0, 0.05) is 15.8 Å². The van der Waals surface area contributed by atoms with E-state index in [1.165, 1.54) is 11.3 Å². The summed E-state index contributed by atoms with van der Waals surface area (Å²) in [6.45, 7) is 5.82. The monoisotopic (exact) mass is 321 g/mol. The highest BCUT2D eigenvalue weighted by Gasteiger charge is 2.35. The fourth-order valence-electron chi connectivity index (χ4n) is 2.99. The zero-order valence-electron chi connectivity index (χ0n) is 12.5. The summed E-state index contributed by atoms with van der Waals surface area (Å²) in [6, 6.07) is 9.60. The molecule has 0 radical (unpaired) electrons. The summed E-state index contributed by atoms with van der Waals surface area (Å²) >= 11 is 1.54. The van der Waals surface area contributed by atoms with Gasteiger partial charge in [0.05, 0.1) is 5.69 Å². The molecule has 1 aromatic heterocycles. The van der Waals surface area contributed by atoms with Crippen LogP contribution < -0.4 is 4.31 Å². The molecular formula is C16H19NO2S2. The summed E-state index contributed by atoms with van der Waals surface area (Å²) in [4.78, 5) is 2.35. The molecule has 1 aliphatic rings. The number of rotatable bonds is 2. The van der Waals surface area contributed by atoms with Crippen LogP contribution in [0.2, 0.25) is 0 Å². The van der Waals surface area contributed by atoms with E-state index in [9.17, 15) is 8.42 Å². The maximum Gasteiger partial charge on any atom is 0.265 e. The topological polar surface area (TPSA) is 37.4 Å². The van der Waals surface area contributed by atoms with Gasteiger partial charge in [0.1, 0.15) is 4.90 Å². The fraction of sp³-hybridized carbons (Fsp3) is 0.375. The second-order valence-electron chi connectivity index (χ2n) is 5.59. The molecule has 5 heteroatoms. The molecule has 0 saturated heterocycles. The first kappa shape index (κ1) is 14.6. The van der Waals surface area contributed by atoms with Crippen LogP contribution in [0.5, 0.6) is 0 Å². The lowest BCUT2D eigenvalue weighted by molar-refractivity contribution is 0.563. The van der Waals surface area contributed by atoms with Gasteiger partial charge in [0.25, 0.3) is 10.0 Å². The first-order valence-corrected chi connectivity index (χ1v) is 9.36. The van der Waals surface area contributed by atoms with Gasteiger partial charge in [-0.25, -0.2) is 8.42 Å². The summed E-state index contributed by atoms with van der Waals surface area (Å²) in [7, 11) is -3.49. The van der Waals surface area contributed by atoms with Crippen molar-refractivity contribution in [3.05, 3.63) is 45.6 Å². The van der Waals surface area contributed by atoms with E-state index < -0.39 is 10.0 Å². The van der Waals surface area contributed by atoms with Crippen molar-refractivity contribution in [1.82, 2.24) is 0 Å². The molecular weight excluding hydrogens is 302 g/mol. The summed E-state index contributed by atoms with van der Waals surface area (Å²) in [6.07, 6.45) is 1.80. The highest BCUT2D eigenvalue weighted by Crippen LogP contribution is 2.37. The minimum absolute atomic E-state index is 0.00972. The molecule has 21 heavy (non-hydrogen) atoms. The Morgan fingerprint density at radius 1 is 1.24 bits per heavy atom. The number of benzene rings is 1. The number of sulfonamides is 1. The molecule has 1 aliphatic heterocycles. The number of para-hydroxylation sites is 1. The molecule has 0 bridgehead atoms. The number of fused-ring (bicyclic) bond motifs is 1. The predicted octanol–water partition coefficient (Wildman–Crippen LogP) is 3.89. The Kier molecular flexibility index (Phi) is 3.58. The first-order chi connectivity index (χ1) is 9.91. The molecule has 0 amide bonds. The van der Waals surface area contributed by atoms with Gasteiger partial charge in [-0.15, -0.1) is 11.3 Å². The van der Waals surface area contributed by atoms with E-state index >= 15 is 0 Å². The van der Waals surface area contributed by atoms with Gasteiger partial charge in [0.2, 0.25) is 0 Å². The van der Waals surface area contributed by atoms with E-state index in [0.717, 1.165) is 33.8 Å². The Labute approximate surface area is 130 Å². The van der Waals surface area contributed by atoms with Crippen LogP contribution >= 0.6 is 11.3 Å². The second kappa shape index (κ2) is 5.14. The van der Waals surface area contributed by atoms with Gasteiger partial charge in [-0.1, -0.05) is 18.2 Å². The number of thiophene rings is 1. The van der Waals surface area contributed by atoms with Crippen LogP contribution in [0.25, 0.3) is 0 Å². The Balaban J connectivity index is 2.17. The van der Waals surface area contributed by atoms with E-state index in [2.05, 4.69) is 0 Å². The number of hydrogen-bond acceptors (Lipinski definition) is 3. The van der Waals surface area contributed by atoms with E-state index in [1.807, 2.05) is 45.0 Å². The quantitative estimate of drug-likeness (QED) is 0.841. The van der Waals surface area contributed by atoms with Gasteiger partial charge >= 0.3 is 0 Å². The van der Waals surface area contributed by atoms with Gasteiger partial charge in [0.15, 0.2) is 0 Å². The summed E-state index contributed by atoms with van der Waals surface area (Å²) in [5.41, 5.74) is 1.95. The summed E-state index contributed by atoms with van der Waals surface area (Å²) < 4.78 is 27.9. The molecule has 0 aliphatic carbocycles. The van der Waals surface area contributed by atoms with Crippen LogP contribution in [0.15, 0.2) is 35.2 Å². The second-order valence-corrected chi connectivity index (χ2v) is 8.84. The van der Waals surface area contributed by atoms with Crippen LogP contribution in [-0.2, 0) is 16.4 Å². The molecule has 1 atom stereocenters. The van der Waals surface area contributed by atoms with Gasteiger partial charge in [-0.2, -0.15) is 0 Å². The molecule has 2 heterocycles. The predicted molar refractivity (Wildman–Crippen MR) is 87.7 cm³/mol. The fourth-order valence-corrected chi connectivity index (χ4v) is 6.24. The average Bonchev–Trinajstić information content (AvgIpc) is 2.78. The normalized spacial score (nSPS) is 18.6. The van der Waals surface area contributed by atoms with Crippen LogP contribution in [-0.4, -0.2) is 14.5 Å². The van der Waals surface area contributed by atoms with Crippen LogP contribution in [0.1, 0.15) is 28.7 Å². The lowest BCUT2D eigenvalue weighted by Gasteiger charge is -2.35. The molecule has 1 aromatic carbocycles. The Hall–Kier alpha value is -1.33. The molecule has 3 nitrogen and oxygen atoms in total. The standard InChI is InChI=1S/C16H19NO2S2/c1-11-8-9-14-6-4-5-7-15(14)17(11)21(18,19)16-10-12(2)20-13(16)3/h4-7,10-11H,8-9H2,1-3H3/t11-/m0/s1. The number of anilines is 1. The van der Waals surface area contributed by atoms with Crippen molar-refractivity contribution in [3.8, 4) is 0 Å². The van der Waals surface area contributed by atoms with Crippen LogP contribution in [0.4, 0.5) is 5.69 Å². The highest BCUT2D eigenvalue weighted by molar-refractivity contribution is 7.93. The smallest absolute Gasteiger partial charge is 0.263 e. The zero-order chi connectivity index (χ0) is 15.2.